The minimum absolute atomic E-state index is 0.203. The lowest BCUT2D eigenvalue weighted by atomic mass is 10.3. The van der Waals surface area contributed by atoms with E-state index in [2.05, 4.69) is 34.0 Å². The molecule has 0 unspecified atom stereocenters. The number of halogens is 1. The Balaban J connectivity index is 2.49. The van der Waals surface area contributed by atoms with E-state index in [4.69, 9.17) is 9.47 Å². The Bertz CT molecular complexity index is 277. The van der Waals surface area contributed by atoms with Gasteiger partial charge >= 0.3 is 0 Å². The van der Waals surface area contributed by atoms with Gasteiger partial charge in [-0.25, -0.2) is 0 Å². The van der Waals surface area contributed by atoms with Crippen LogP contribution < -0.4 is 5.32 Å². The summed E-state index contributed by atoms with van der Waals surface area (Å²) in [6.45, 7) is 0.646. The molecule has 0 heterocycles. The SMILES string of the molecule is COC(CNc1ccccc1I)OC. The second kappa shape index (κ2) is 6.21. The zero-order chi connectivity index (χ0) is 10.4. The van der Waals surface area contributed by atoms with Crippen LogP contribution in [0.3, 0.4) is 0 Å². The minimum atomic E-state index is -0.203. The Morgan fingerprint density at radius 1 is 1.29 bits per heavy atom. The number of benzene rings is 1. The smallest absolute Gasteiger partial charge is 0.173 e. The Hall–Kier alpha value is -0.330. The molecule has 0 spiro atoms. The van der Waals surface area contributed by atoms with Crippen LogP contribution in [0.5, 0.6) is 0 Å². The first-order chi connectivity index (χ1) is 6.77. The largest absolute Gasteiger partial charge is 0.379 e. The molecule has 78 valence electrons. The second-order valence-corrected chi connectivity index (χ2v) is 3.92. The molecule has 0 saturated heterocycles. The topological polar surface area (TPSA) is 30.5 Å². The highest BCUT2D eigenvalue weighted by Gasteiger charge is 2.05. The number of para-hydroxylation sites is 1. The van der Waals surface area contributed by atoms with Gasteiger partial charge < -0.3 is 14.8 Å². The summed E-state index contributed by atoms with van der Waals surface area (Å²) in [5.41, 5.74) is 1.10. The van der Waals surface area contributed by atoms with Gasteiger partial charge in [-0.3, -0.25) is 0 Å². The first-order valence-electron chi connectivity index (χ1n) is 4.32. The molecule has 1 aromatic carbocycles. The summed E-state index contributed by atoms with van der Waals surface area (Å²) in [6, 6.07) is 8.10. The molecule has 0 atom stereocenters. The van der Waals surface area contributed by atoms with Gasteiger partial charge in [0.05, 0.1) is 6.54 Å². The second-order valence-electron chi connectivity index (χ2n) is 2.76. The standard InChI is InChI=1S/C10H14INO2/c1-13-10(14-2)7-12-9-6-4-3-5-8(9)11/h3-6,10,12H,7H2,1-2H3. The summed E-state index contributed by atoms with van der Waals surface area (Å²) >= 11 is 2.29. The minimum Gasteiger partial charge on any atom is -0.379 e. The number of hydrogen-bond acceptors (Lipinski definition) is 3. The summed E-state index contributed by atoms with van der Waals surface area (Å²) < 4.78 is 11.3. The lowest BCUT2D eigenvalue weighted by Gasteiger charge is -2.15. The van der Waals surface area contributed by atoms with Crippen molar-refractivity contribution in [3.05, 3.63) is 27.8 Å². The molecule has 0 amide bonds. The fraction of sp³-hybridized carbons (Fsp3) is 0.400. The summed E-state index contributed by atoms with van der Waals surface area (Å²) in [7, 11) is 3.26. The van der Waals surface area contributed by atoms with Gasteiger partial charge in [-0.2, -0.15) is 0 Å². The van der Waals surface area contributed by atoms with Crippen LogP contribution in [0.2, 0.25) is 0 Å². The quantitative estimate of drug-likeness (QED) is 0.669. The van der Waals surface area contributed by atoms with Gasteiger partial charge in [-0.15, -0.1) is 0 Å². The maximum absolute atomic E-state index is 5.07. The Labute approximate surface area is 97.9 Å². The summed E-state index contributed by atoms with van der Waals surface area (Å²) in [6.07, 6.45) is -0.203. The zero-order valence-electron chi connectivity index (χ0n) is 8.29. The van der Waals surface area contributed by atoms with E-state index in [9.17, 15) is 0 Å². The molecular formula is C10H14INO2. The average molecular weight is 307 g/mol. The Kier molecular flexibility index (Phi) is 5.21. The van der Waals surface area contributed by atoms with E-state index >= 15 is 0 Å². The molecule has 0 saturated carbocycles. The van der Waals surface area contributed by atoms with Crippen molar-refractivity contribution in [1.29, 1.82) is 0 Å². The van der Waals surface area contributed by atoms with Gasteiger partial charge in [-0.05, 0) is 34.7 Å². The van der Waals surface area contributed by atoms with Crippen LogP contribution in [-0.2, 0) is 9.47 Å². The molecule has 1 aromatic rings. The Morgan fingerprint density at radius 2 is 1.93 bits per heavy atom. The predicted molar refractivity (Wildman–Crippen MR) is 65.5 cm³/mol. The van der Waals surface area contributed by atoms with Crippen molar-refractivity contribution >= 4 is 28.3 Å². The molecular weight excluding hydrogens is 293 g/mol. The van der Waals surface area contributed by atoms with E-state index in [1.165, 1.54) is 3.57 Å². The first-order valence-corrected chi connectivity index (χ1v) is 5.39. The molecule has 0 radical (unpaired) electrons. The van der Waals surface area contributed by atoms with E-state index < -0.39 is 0 Å². The summed E-state index contributed by atoms with van der Waals surface area (Å²) in [5.74, 6) is 0. The summed E-state index contributed by atoms with van der Waals surface area (Å²) in [4.78, 5) is 0. The highest BCUT2D eigenvalue weighted by molar-refractivity contribution is 14.1. The van der Waals surface area contributed by atoms with Crippen LogP contribution in [0.15, 0.2) is 24.3 Å². The third-order valence-electron chi connectivity index (χ3n) is 1.86. The molecule has 0 bridgehead atoms. The molecule has 14 heavy (non-hydrogen) atoms. The van der Waals surface area contributed by atoms with Crippen LogP contribution in [0.4, 0.5) is 5.69 Å². The van der Waals surface area contributed by atoms with Gasteiger partial charge in [0, 0.05) is 23.5 Å². The van der Waals surface area contributed by atoms with Crippen molar-refractivity contribution in [3.63, 3.8) is 0 Å². The predicted octanol–water partition coefficient (Wildman–Crippen LogP) is 2.32. The first kappa shape index (κ1) is 11.7. The Morgan fingerprint density at radius 3 is 2.50 bits per heavy atom. The number of methoxy groups -OCH3 is 2. The molecule has 3 nitrogen and oxygen atoms in total. The van der Waals surface area contributed by atoms with Crippen molar-refractivity contribution < 1.29 is 9.47 Å². The van der Waals surface area contributed by atoms with E-state index in [0.717, 1.165) is 5.69 Å². The maximum atomic E-state index is 5.07. The normalized spacial score (nSPS) is 10.6. The molecule has 0 aromatic heterocycles. The fourth-order valence-corrected chi connectivity index (χ4v) is 1.64. The molecule has 1 N–H and O–H groups in total. The van der Waals surface area contributed by atoms with Gasteiger partial charge in [0.1, 0.15) is 0 Å². The van der Waals surface area contributed by atoms with Crippen molar-refractivity contribution in [2.24, 2.45) is 0 Å². The van der Waals surface area contributed by atoms with Crippen molar-refractivity contribution in [1.82, 2.24) is 0 Å². The van der Waals surface area contributed by atoms with Crippen LogP contribution in [0.1, 0.15) is 0 Å². The van der Waals surface area contributed by atoms with Gasteiger partial charge in [0.25, 0.3) is 0 Å². The molecule has 0 aliphatic rings. The average Bonchev–Trinajstić information content (AvgIpc) is 2.22. The number of nitrogens with one attached hydrogen (secondary N) is 1. The third-order valence-corrected chi connectivity index (χ3v) is 2.80. The van der Waals surface area contributed by atoms with Crippen LogP contribution >= 0.6 is 22.6 Å². The van der Waals surface area contributed by atoms with Crippen LogP contribution in [0.25, 0.3) is 0 Å². The van der Waals surface area contributed by atoms with Crippen LogP contribution in [0, 0.1) is 3.57 Å². The van der Waals surface area contributed by atoms with Crippen molar-refractivity contribution in [2.45, 2.75) is 6.29 Å². The number of ether oxygens (including phenoxy) is 2. The monoisotopic (exact) mass is 307 g/mol. The molecule has 0 fully saturated rings. The maximum Gasteiger partial charge on any atom is 0.173 e. The fourth-order valence-electron chi connectivity index (χ4n) is 1.06. The van der Waals surface area contributed by atoms with E-state index in [1.807, 2.05) is 18.2 Å². The third kappa shape index (κ3) is 3.43. The number of anilines is 1. The van der Waals surface area contributed by atoms with Gasteiger partial charge in [0.15, 0.2) is 6.29 Å². The number of rotatable bonds is 5. The van der Waals surface area contributed by atoms with Crippen molar-refractivity contribution in [2.75, 3.05) is 26.1 Å². The molecule has 0 aliphatic carbocycles. The highest BCUT2D eigenvalue weighted by Crippen LogP contribution is 2.16. The molecule has 0 aliphatic heterocycles. The lowest BCUT2D eigenvalue weighted by Crippen LogP contribution is -2.23. The van der Waals surface area contributed by atoms with Gasteiger partial charge in [-0.1, -0.05) is 12.1 Å². The van der Waals surface area contributed by atoms with Crippen molar-refractivity contribution in [3.8, 4) is 0 Å². The summed E-state index contributed by atoms with van der Waals surface area (Å²) in [5, 5.41) is 3.26. The van der Waals surface area contributed by atoms with E-state index in [-0.39, 0.29) is 6.29 Å². The number of hydrogen-bond donors (Lipinski definition) is 1. The molecule has 1 rings (SSSR count). The van der Waals surface area contributed by atoms with E-state index in [0.29, 0.717) is 6.54 Å². The van der Waals surface area contributed by atoms with E-state index in [1.54, 1.807) is 14.2 Å². The van der Waals surface area contributed by atoms with Gasteiger partial charge in [0.2, 0.25) is 0 Å². The lowest BCUT2D eigenvalue weighted by molar-refractivity contribution is -0.0914. The zero-order valence-corrected chi connectivity index (χ0v) is 10.4. The van der Waals surface area contributed by atoms with Crippen LogP contribution in [-0.4, -0.2) is 27.1 Å². The highest BCUT2D eigenvalue weighted by atomic mass is 127. The molecule has 4 heteroatoms.